The van der Waals surface area contributed by atoms with Gasteiger partial charge in [0.15, 0.2) is 5.71 Å². The number of rotatable bonds is 6. The maximum Gasteiger partial charge on any atom is 0.356 e. The molecule has 15 heavy (non-hydrogen) atoms. The van der Waals surface area contributed by atoms with E-state index in [4.69, 9.17) is 0 Å². The molecular formula is C7H14NO6P. The second-order valence-electron chi connectivity index (χ2n) is 2.35. The predicted octanol–water partition coefficient (Wildman–Crippen LogP) is 0.648. The van der Waals surface area contributed by atoms with Crippen molar-refractivity contribution in [3.63, 3.8) is 0 Å². The molecule has 0 saturated carbocycles. The van der Waals surface area contributed by atoms with Crippen molar-refractivity contribution >= 4 is 19.3 Å². The number of methoxy groups -OCH3 is 1. The molecule has 0 aliphatic rings. The van der Waals surface area contributed by atoms with Gasteiger partial charge in [-0.1, -0.05) is 5.16 Å². The lowest BCUT2D eigenvalue weighted by Crippen LogP contribution is -2.21. The molecule has 0 rings (SSSR count). The van der Waals surface area contributed by atoms with Crippen molar-refractivity contribution in [3.8, 4) is 0 Å². The average molecular weight is 239 g/mol. The molecule has 0 aliphatic heterocycles. The van der Waals surface area contributed by atoms with E-state index < -0.39 is 13.6 Å². The Labute approximate surface area is 87.9 Å². The van der Waals surface area contributed by atoms with E-state index in [1.165, 1.54) is 28.4 Å². The monoisotopic (exact) mass is 239 g/mol. The topological polar surface area (TPSA) is 83.4 Å². The summed E-state index contributed by atoms with van der Waals surface area (Å²) in [5, 5.41) is 3.39. The summed E-state index contributed by atoms with van der Waals surface area (Å²) in [7, 11) is 1.52. The minimum Gasteiger partial charge on any atom is -0.464 e. The molecule has 7 nitrogen and oxygen atoms in total. The van der Waals surface area contributed by atoms with Gasteiger partial charge in [-0.2, -0.15) is 0 Å². The van der Waals surface area contributed by atoms with Gasteiger partial charge in [0, 0.05) is 14.2 Å². The van der Waals surface area contributed by atoms with E-state index >= 15 is 0 Å². The van der Waals surface area contributed by atoms with Crippen LogP contribution in [-0.4, -0.2) is 46.3 Å². The Balaban J connectivity index is 4.76. The summed E-state index contributed by atoms with van der Waals surface area (Å²) in [6, 6.07) is 0. The molecule has 0 amide bonds. The first-order valence-corrected chi connectivity index (χ1v) is 5.64. The predicted molar refractivity (Wildman–Crippen MR) is 53.0 cm³/mol. The fourth-order valence-electron chi connectivity index (χ4n) is 0.746. The highest BCUT2D eigenvalue weighted by Gasteiger charge is 2.28. The van der Waals surface area contributed by atoms with Gasteiger partial charge in [-0.3, -0.25) is 4.57 Å². The minimum absolute atomic E-state index is 0.160. The lowest BCUT2D eigenvalue weighted by atomic mass is 10.4. The molecule has 0 aromatic carbocycles. The first-order valence-electron chi connectivity index (χ1n) is 3.91. The minimum atomic E-state index is -3.35. The SMILES string of the molecule is CO/N=C(/CP(=O)(OC)OC)C(=O)OC. The number of carbonyl (C=O) groups excluding carboxylic acids is 1. The van der Waals surface area contributed by atoms with Gasteiger partial charge in [-0.05, 0) is 0 Å². The Hall–Kier alpha value is -0.910. The third-order valence-electron chi connectivity index (χ3n) is 1.52. The normalized spacial score (nSPS) is 12.4. The highest BCUT2D eigenvalue weighted by molar-refractivity contribution is 7.55. The van der Waals surface area contributed by atoms with Gasteiger partial charge >= 0.3 is 13.6 Å². The van der Waals surface area contributed by atoms with Gasteiger partial charge in [0.2, 0.25) is 0 Å². The molecule has 0 heterocycles. The molecule has 0 N–H and O–H groups in total. The van der Waals surface area contributed by atoms with Gasteiger partial charge in [0.25, 0.3) is 0 Å². The van der Waals surface area contributed by atoms with Gasteiger partial charge in [-0.15, -0.1) is 0 Å². The molecule has 0 spiro atoms. The van der Waals surface area contributed by atoms with Crippen LogP contribution in [-0.2, 0) is 28.0 Å². The van der Waals surface area contributed by atoms with Crippen LogP contribution in [0.1, 0.15) is 0 Å². The standard InChI is InChI=1S/C7H14NO6P/c1-11-7(9)6(8-12-2)5-15(10,13-3)14-4/h5H2,1-4H3/b8-6-. The fourth-order valence-corrected chi connectivity index (χ4v) is 1.71. The Morgan fingerprint density at radius 3 is 2.07 bits per heavy atom. The highest BCUT2D eigenvalue weighted by Crippen LogP contribution is 2.46. The number of hydrogen-bond donors (Lipinski definition) is 0. The van der Waals surface area contributed by atoms with Crippen molar-refractivity contribution in [1.29, 1.82) is 0 Å². The van der Waals surface area contributed by atoms with Crippen molar-refractivity contribution in [1.82, 2.24) is 0 Å². The van der Waals surface area contributed by atoms with Crippen LogP contribution in [0.15, 0.2) is 5.16 Å². The number of hydrogen-bond acceptors (Lipinski definition) is 7. The lowest BCUT2D eigenvalue weighted by molar-refractivity contribution is -0.132. The van der Waals surface area contributed by atoms with Gasteiger partial charge < -0.3 is 18.6 Å². The van der Waals surface area contributed by atoms with Crippen molar-refractivity contribution < 1.29 is 28.0 Å². The summed E-state index contributed by atoms with van der Waals surface area (Å²) in [5.74, 6) is -0.744. The zero-order valence-electron chi connectivity index (χ0n) is 9.05. The smallest absolute Gasteiger partial charge is 0.356 e. The van der Waals surface area contributed by atoms with Crippen LogP contribution in [0.2, 0.25) is 0 Å². The average Bonchev–Trinajstić information content (AvgIpc) is 2.27. The van der Waals surface area contributed by atoms with Crippen LogP contribution >= 0.6 is 7.60 Å². The molecular weight excluding hydrogens is 225 g/mol. The van der Waals surface area contributed by atoms with E-state index in [1.54, 1.807) is 0 Å². The molecule has 0 unspecified atom stereocenters. The number of ether oxygens (including phenoxy) is 1. The number of carbonyl (C=O) groups is 1. The molecule has 0 radical (unpaired) electrons. The number of esters is 1. The van der Waals surface area contributed by atoms with E-state index in [0.29, 0.717) is 0 Å². The Bertz CT molecular complexity index is 281. The molecule has 0 fully saturated rings. The van der Waals surface area contributed by atoms with Crippen LogP contribution in [0.3, 0.4) is 0 Å². The quantitative estimate of drug-likeness (QED) is 0.293. The summed E-state index contributed by atoms with van der Waals surface area (Å²) in [6.45, 7) is 0. The Morgan fingerprint density at radius 2 is 1.73 bits per heavy atom. The number of oxime groups is 1. The van der Waals surface area contributed by atoms with E-state index in [0.717, 1.165) is 0 Å². The van der Waals surface area contributed by atoms with Crippen LogP contribution < -0.4 is 0 Å². The first-order chi connectivity index (χ1) is 7.02. The zero-order chi connectivity index (χ0) is 11.9. The first kappa shape index (κ1) is 14.1. The van der Waals surface area contributed by atoms with Crippen LogP contribution in [0.25, 0.3) is 0 Å². The Kier molecular flexibility index (Phi) is 6.15. The summed E-state index contributed by atoms with van der Waals surface area (Å²) >= 11 is 0. The van der Waals surface area contributed by atoms with E-state index in [2.05, 4.69) is 23.8 Å². The van der Waals surface area contributed by atoms with Crippen LogP contribution in [0.4, 0.5) is 0 Å². The fraction of sp³-hybridized carbons (Fsp3) is 0.714. The van der Waals surface area contributed by atoms with Gasteiger partial charge in [0.05, 0.1) is 7.11 Å². The largest absolute Gasteiger partial charge is 0.464 e. The summed E-state index contributed by atoms with van der Waals surface area (Å²) in [4.78, 5) is 15.6. The lowest BCUT2D eigenvalue weighted by Gasteiger charge is -2.13. The molecule has 88 valence electrons. The molecule has 0 aromatic rings. The second kappa shape index (κ2) is 6.55. The number of nitrogens with zero attached hydrogens (tertiary/aromatic N) is 1. The highest BCUT2D eigenvalue weighted by atomic mass is 31.2. The van der Waals surface area contributed by atoms with E-state index in [9.17, 15) is 9.36 Å². The van der Waals surface area contributed by atoms with Crippen molar-refractivity contribution in [2.45, 2.75) is 0 Å². The van der Waals surface area contributed by atoms with Crippen molar-refractivity contribution in [2.24, 2.45) is 5.16 Å². The summed E-state index contributed by atoms with van der Waals surface area (Å²) in [6.07, 6.45) is -0.305. The molecule has 0 aromatic heterocycles. The summed E-state index contributed by atoms with van der Waals surface area (Å²) < 4.78 is 25.4. The molecule has 0 atom stereocenters. The van der Waals surface area contributed by atoms with Gasteiger partial charge in [-0.25, -0.2) is 4.79 Å². The second-order valence-corrected chi connectivity index (χ2v) is 4.61. The Morgan fingerprint density at radius 1 is 1.20 bits per heavy atom. The van der Waals surface area contributed by atoms with Gasteiger partial charge in [0.1, 0.15) is 13.3 Å². The van der Waals surface area contributed by atoms with Crippen LogP contribution in [0, 0.1) is 0 Å². The van der Waals surface area contributed by atoms with E-state index in [-0.39, 0.29) is 11.9 Å². The zero-order valence-corrected chi connectivity index (χ0v) is 9.95. The van der Waals surface area contributed by atoms with Crippen LogP contribution in [0.5, 0.6) is 0 Å². The van der Waals surface area contributed by atoms with Crippen molar-refractivity contribution in [2.75, 3.05) is 34.6 Å². The molecule has 8 heteroatoms. The maximum absolute atomic E-state index is 11.7. The van der Waals surface area contributed by atoms with Crippen molar-refractivity contribution in [3.05, 3.63) is 0 Å². The molecule has 0 bridgehead atoms. The molecule has 0 aliphatic carbocycles. The summed E-state index contributed by atoms with van der Waals surface area (Å²) in [5.41, 5.74) is -0.160. The third kappa shape index (κ3) is 4.42. The third-order valence-corrected chi connectivity index (χ3v) is 3.32. The molecule has 0 saturated heterocycles. The maximum atomic E-state index is 11.7. The van der Waals surface area contributed by atoms with E-state index in [1.807, 2.05) is 0 Å².